The predicted molar refractivity (Wildman–Crippen MR) is 149 cm³/mol. The minimum Gasteiger partial charge on any atom is -0.486 e. The van der Waals surface area contributed by atoms with Crippen LogP contribution in [0.15, 0.2) is 60.7 Å². The molecule has 0 unspecified atom stereocenters. The van der Waals surface area contributed by atoms with E-state index >= 15 is 0 Å². The van der Waals surface area contributed by atoms with Crippen LogP contribution in [-0.4, -0.2) is 53.2 Å². The maximum atomic E-state index is 12.6. The van der Waals surface area contributed by atoms with Crippen molar-refractivity contribution in [2.24, 2.45) is 0 Å². The fourth-order valence-corrected chi connectivity index (χ4v) is 5.09. The zero-order chi connectivity index (χ0) is 26.1. The number of nitrogens with one attached hydrogen (secondary N) is 2. The van der Waals surface area contributed by atoms with Crippen molar-refractivity contribution < 1.29 is 14.3 Å². The lowest BCUT2D eigenvalue weighted by Crippen LogP contribution is -2.44. The van der Waals surface area contributed by atoms with E-state index in [1.807, 2.05) is 36.1 Å². The van der Waals surface area contributed by atoms with Gasteiger partial charge < -0.3 is 25.0 Å². The van der Waals surface area contributed by atoms with Crippen molar-refractivity contribution in [1.29, 1.82) is 0 Å². The summed E-state index contributed by atoms with van der Waals surface area (Å²) < 4.78 is 11.7. The molecule has 2 amide bonds. The van der Waals surface area contributed by atoms with Crippen molar-refractivity contribution in [3.05, 3.63) is 71.4 Å². The van der Waals surface area contributed by atoms with Gasteiger partial charge in [0.25, 0.3) is 0 Å². The largest absolute Gasteiger partial charge is 0.486 e. The maximum Gasteiger partial charge on any atom is 0.321 e. The summed E-state index contributed by atoms with van der Waals surface area (Å²) in [4.78, 5) is 24.0. The summed E-state index contributed by atoms with van der Waals surface area (Å²) in [5.41, 5.74) is 4.55. The van der Waals surface area contributed by atoms with Gasteiger partial charge in [0.2, 0.25) is 5.95 Å². The van der Waals surface area contributed by atoms with Gasteiger partial charge in [0.1, 0.15) is 13.2 Å². The number of nitrogens with zero attached hydrogens (tertiary/aromatic N) is 3. The first-order chi connectivity index (χ1) is 18.5. The van der Waals surface area contributed by atoms with Crippen LogP contribution in [-0.2, 0) is 0 Å². The Labute approximate surface area is 225 Å². The smallest absolute Gasteiger partial charge is 0.321 e. The van der Waals surface area contributed by atoms with Crippen molar-refractivity contribution in [2.45, 2.75) is 25.8 Å². The zero-order valence-corrected chi connectivity index (χ0v) is 21.8. The van der Waals surface area contributed by atoms with E-state index in [2.05, 4.69) is 22.8 Å². The molecule has 8 nitrogen and oxygen atoms in total. The molecule has 0 atom stereocenters. The fraction of sp³-hybridized carbons (Fsp3) is 0.276. The summed E-state index contributed by atoms with van der Waals surface area (Å²) in [6.07, 6.45) is 1.63. The van der Waals surface area contributed by atoms with Crippen LogP contribution in [0.3, 0.4) is 0 Å². The van der Waals surface area contributed by atoms with Crippen LogP contribution < -0.4 is 20.1 Å². The average molecular weight is 530 g/mol. The van der Waals surface area contributed by atoms with Crippen molar-refractivity contribution in [3.8, 4) is 22.6 Å². The number of hydrogen-bond acceptors (Lipinski definition) is 6. The van der Waals surface area contributed by atoms with E-state index in [1.54, 1.807) is 24.3 Å². The number of benzene rings is 3. The Morgan fingerprint density at radius 2 is 1.79 bits per heavy atom. The molecule has 38 heavy (non-hydrogen) atoms. The van der Waals surface area contributed by atoms with Gasteiger partial charge in [0.05, 0.1) is 11.2 Å². The van der Waals surface area contributed by atoms with E-state index in [1.165, 1.54) is 0 Å². The highest BCUT2D eigenvalue weighted by Crippen LogP contribution is 2.40. The number of rotatable bonds is 4. The molecule has 2 aliphatic heterocycles. The number of hydrogen-bond donors (Lipinski definition) is 2. The summed E-state index contributed by atoms with van der Waals surface area (Å²) in [7, 11) is 0. The lowest BCUT2D eigenvalue weighted by Gasteiger charge is -2.32. The molecule has 2 aliphatic rings. The van der Waals surface area contributed by atoms with Crippen LogP contribution in [0.5, 0.6) is 11.5 Å². The SMILES string of the molecule is Cc1nc(NC2CCN(C(=O)Nc3ccc(Cl)cc3)CC2)nc2ccc(-c3cccc4c3OCCO4)cc12. The van der Waals surface area contributed by atoms with E-state index < -0.39 is 0 Å². The number of carbonyl (C=O) groups excluding carboxylic acids is 1. The minimum atomic E-state index is -0.101. The number of anilines is 2. The molecule has 3 heterocycles. The fourth-order valence-electron chi connectivity index (χ4n) is 4.96. The van der Waals surface area contributed by atoms with Crippen LogP contribution in [0, 0.1) is 6.92 Å². The summed E-state index contributed by atoms with van der Waals surface area (Å²) in [6, 6.07) is 19.4. The Kier molecular flexibility index (Phi) is 6.64. The third-order valence-corrected chi connectivity index (χ3v) is 7.23. The molecule has 1 saturated heterocycles. The monoisotopic (exact) mass is 529 g/mol. The molecule has 0 bridgehead atoms. The molecule has 0 saturated carbocycles. The molecule has 4 aromatic rings. The molecule has 6 rings (SSSR count). The van der Waals surface area contributed by atoms with E-state index in [0.29, 0.717) is 37.3 Å². The van der Waals surface area contributed by atoms with Gasteiger partial charge in [0, 0.05) is 40.8 Å². The van der Waals surface area contributed by atoms with Gasteiger partial charge in [-0.25, -0.2) is 14.8 Å². The Hall–Kier alpha value is -4.04. The van der Waals surface area contributed by atoms with Crippen molar-refractivity contribution in [2.75, 3.05) is 36.9 Å². The van der Waals surface area contributed by atoms with E-state index in [-0.39, 0.29) is 12.1 Å². The molecule has 0 aliphatic carbocycles. The minimum absolute atomic E-state index is 0.101. The van der Waals surface area contributed by atoms with Crippen molar-refractivity contribution in [1.82, 2.24) is 14.9 Å². The number of aryl methyl sites for hydroxylation is 1. The Bertz CT molecular complexity index is 1490. The van der Waals surface area contributed by atoms with Crippen LogP contribution in [0.4, 0.5) is 16.4 Å². The molecular weight excluding hydrogens is 502 g/mol. The van der Waals surface area contributed by atoms with E-state index in [4.69, 9.17) is 31.0 Å². The number of likely N-dealkylation sites (tertiary alicyclic amines) is 1. The Balaban J connectivity index is 1.12. The molecule has 2 N–H and O–H groups in total. The summed E-state index contributed by atoms with van der Waals surface area (Å²) in [6.45, 7) is 4.41. The highest BCUT2D eigenvalue weighted by molar-refractivity contribution is 6.30. The lowest BCUT2D eigenvalue weighted by molar-refractivity contribution is 0.172. The van der Waals surface area contributed by atoms with Crippen LogP contribution in [0.25, 0.3) is 22.0 Å². The van der Waals surface area contributed by atoms with Crippen LogP contribution >= 0.6 is 11.6 Å². The number of halogens is 1. The number of para-hydroxylation sites is 1. The van der Waals surface area contributed by atoms with E-state index in [0.717, 1.165) is 57.8 Å². The number of aromatic nitrogens is 2. The molecule has 194 valence electrons. The topological polar surface area (TPSA) is 88.6 Å². The van der Waals surface area contributed by atoms with Crippen LogP contribution in [0.1, 0.15) is 18.5 Å². The van der Waals surface area contributed by atoms with Gasteiger partial charge in [0.15, 0.2) is 11.5 Å². The quantitative estimate of drug-likeness (QED) is 0.330. The van der Waals surface area contributed by atoms with Gasteiger partial charge in [-0.05, 0) is 67.8 Å². The second-order valence-corrected chi connectivity index (χ2v) is 9.97. The van der Waals surface area contributed by atoms with Gasteiger partial charge in [-0.3, -0.25) is 0 Å². The first kappa shape index (κ1) is 24.3. The lowest BCUT2D eigenvalue weighted by atomic mass is 10.0. The second kappa shape index (κ2) is 10.4. The first-order valence-electron chi connectivity index (χ1n) is 12.8. The Morgan fingerprint density at radius 1 is 1.00 bits per heavy atom. The van der Waals surface area contributed by atoms with E-state index in [9.17, 15) is 4.79 Å². The highest BCUT2D eigenvalue weighted by Gasteiger charge is 2.24. The number of piperidine rings is 1. The van der Waals surface area contributed by atoms with Gasteiger partial charge in [-0.1, -0.05) is 29.8 Å². The summed E-state index contributed by atoms with van der Waals surface area (Å²) in [5.74, 6) is 2.17. The van der Waals surface area contributed by atoms with Crippen molar-refractivity contribution in [3.63, 3.8) is 0 Å². The molecule has 3 aromatic carbocycles. The molecule has 1 fully saturated rings. The number of carbonyl (C=O) groups is 1. The molecular formula is C29H28ClN5O3. The Morgan fingerprint density at radius 3 is 2.61 bits per heavy atom. The number of ether oxygens (including phenoxy) is 2. The third kappa shape index (κ3) is 5.04. The van der Waals surface area contributed by atoms with Gasteiger partial charge in [-0.15, -0.1) is 0 Å². The zero-order valence-electron chi connectivity index (χ0n) is 21.0. The number of urea groups is 1. The molecule has 0 radical (unpaired) electrons. The van der Waals surface area contributed by atoms with Crippen LogP contribution in [0.2, 0.25) is 5.02 Å². The number of fused-ring (bicyclic) bond motifs is 2. The standard InChI is InChI=1S/C29H28ClN5O3/c1-18-24-17-19(23-3-2-4-26-27(23)38-16-15-37-26)5-10-25(24)34-28(31-18)32-22-11-13-35(14-12-22)29(36)33-21-8-6-20(30)7-9-21/h2-10,17,22H,11-16H2,1H3,(H,33,36)(H,31,32,34). The summed E-state index contributed by atoms with van der Waals surface area (Å²) in [5, 5.41) is 8.05. The normalized spacial score (nSPS) is 15.4. The van der Waals surface area contributed by atoms with Gasteiger partial charge in [-0.2, -0.15) is 0 Å². The highest BCUT2D eigenvalue weighted by atomic mass is 35.5. The molecule has 1 aromatic heterocycles. The second-order valence-electron chi connectivity index (χ2n) is 9.54. The van der Waals surface area contributed by atoms with Crippen molar-refractivity contribution >= 4 is 40.2 Å². The molecule has 0 spiro atoms. The van der Waals surface area contributed by atoms with Gasteiger partial charge >= 0.3 is 6.03 Å². The predicted octanol–water partition coefficient (Wildman–Crippen LogP) is 6.14. The maximum absolute atomic E-state index is 12.6. The average Bonchev–Trinajstić information content (AvgIpc) is 2.94. The summed E-state index contributed by atoms with van der Waals surface area (Å²) >= 11 is 5.93. The molecule has 9 heteroatoms. The third-order valence-electron chi connectivity index (χ3n) is 6.97. The first-order valence-corrected chi connectivity index (χ1v) is 13.2. The number of amides is 2.